The van der Waals surface area contributed by atoms with Crippen LogP contribution in [0.5, 0.6) is 0 Å². The smallest absolute Gasteiger partial charge is 0.270 e. The Kier molecular flexibility index (Phi) is 5.42. The molecule has 0 aliphatic carbocycles. The number of rotatable bonds is 6. The molecule has 1 aromatic rings. The first-order valence-corrected chi connectivity index (χ1v) is 6.48. The van der Waals surface area contributed by atoms with Crippen molar-refractivity contribution < 1.29 is 4.79 Å². The Labute approximate surface area is 101 Å². The minimum Gasteiger partial charge on any atom is -0.349 e. The number of thiazole rings is 1. The molecule has 0 saturated heterocycles. The van der Waals surface area contributed by atoms with E-state index in [1.807, 2.05) is 6.92 Å². The van der Waals surface area contributed by atoms with Crippen LogP contribution >= 0.6 is 11.3 Å². The summed E-state index contributed by atoms with van der Waals surface area (Å²) in [5, 5.41) is 5.59. The second-order valence-electron chi connectivity index (χ2n) is 3.53. The molecular weight excluding hydrogens is 222 g/mol. The molecule has 0 aliphatic heterocycles. The summed E-state index contributed by atoms with van der Waals surface area (Å²) in [6.45, 7) is 9.74. The molecular formula is C11H19N3OS. The van der Waals surface area contributed by atoms with E-state index >= 15 is 0 Å². The number of hydrogen-bond donors (Lipinski definition) is 1. The number of amides is 1. The van der Waals surface area contributed by atoms with Crippen LogP contribution in [0.1, 0.15) is 29.3 Å². The number of aromatic nitrogens is 1. The van der Waals surface area contributed by atoms with Crippen LogP contribution in [0.25, 0.3) is 0 Å². The Morgan fingerprint density at radius 1 is 1.50 bits per heavy atom. The Morgan fingerprint density at radius 3 is 2.69 bits per heavy atom. The van der Waals surface area contributed by atoms with Crippen LogP contribution in [0.4, 0.5) is 0 Å². The van der Waals surface area contributed by atoms with Gasteiger partial charge >= 0.3 is 0 Å². The molecule has 1 rings (SSSR count). The van der Waals surface area contributed by atoms with Gasteiger partial charge in [-0.3, -0.25) is 4.79 Å². The normalized spacial score (nSPS) is 10.8. The summed E-state index contributed by atoms with van der Waals surface area (Å²) in [6, 6.07) is 0. The summed E-state index contributed by atoms with van der Waals surface area (Å²) in [6.07, 6.45) is 0. The zero-order valence-electron chi connectivity index (χ0n) is 10.1. The minimum atomic E-state index is -0.0727. The predicted octanol–water partition coefficient (Wildman–Crippen LogP) is 1.52. The summed E-state index contributed by atoms with van der Waals surface area (Å²) in [5.41, 5.74) is 0.530. The molecule has 5 heteroatoms. The predicted molar refractivity (Wildman–Crippen MR) is 67.0 cm³/mol. The maximum absolute atomic E-state index is 11.6. The summed E-state index contributed by atoms with van der Waals surface area (Å²) in [5.74, 6) is -0.0727. The van der Waals surface area contributed by atoms with Gasteiger partial charge in [0.15, 0.2) is 0 Å². The van der Waals surface area contributed by atoms with Crippen LogP contribution in [-0.4, -0.2) is 42.0 Å². The first kappa shape index (κ1) is 13.1. The second-order valence-corrected chi connectivity index (χ2v) is 4.60. The van der Waals surface area contributed by atoms with Gasteiger partial charge in [0, 0.05) is 18.5 Å². The maximum Gasteiger partial charge on any atom is 0.270 e. The monoisotopic (exact) mass is 241 g/mol. The highest BCUT2D eigenvalue weighted by molar-refractivity contribution is 7.09. The average molecular weight is 241 g/mol. The average Bonchev–Trinajstić information content (AvgIpc) is 2.71. The van der Waals surface area contributed by atoms with E-state index in [9.17, 15) is 4.79 Å². The van der Waals surface area contributed by atoms with Crippen LogP contribution < -0.4 is 5.32 Å². The van der Waals surface area contributed by atoms with Crippen LogP contribution in [-0.2, 0) is 0 Å². The number of nitrogens with one attached hydrogen (secondary N) is 1. The van der Waals surface area contributed by atoms with Crippen molar-refractivity contribution in [2.45, 2.75) is 20.8 Å². The van der Waals surface area contributed by atoms with Gasteiger partial charge in [0.1, 0.15) is 5.69 Å². The zero-order valence-corrected chi connectivity index (χ0v) is 10.9. The molecule has 0 bridgehead atoms. The van der Waals surface area contributed by atoms with Gasteiger partial charge in [-0.15, -0.1) is 11.3 Å². The van der Waals surface area contributed by atoms with E-state index in [1.54, 1.807) is 5.38 Å². The zero-order chi connectivity index (χ0) is 12.0. The van der Waals surface area contributed by atoms with E-state index in [4.69, 9.17) is 0 Å². The highest BCUT2D eigenvalue weighted by Gasteiger charge is 2.08. The number of likely N-dealkylation sites (N-methyl/N-ethyl adjacent to an activating group) is 1. The molecule has 0 radical (unpaired) electrons. The molecule has 0 aliphatic rings. The van der Waals surface area contributed by atoms with Crippen LogP contribution in [0, 0.1) is 6.92 Å². The van der Waals surface area contributed by atoms with Crippen molar-refractivity contribution in [1.82, 2.24) is 15.2 Å². The SMILES string of the molecule is CCN(CC)CCNC(=O)c1csc(C)n1. The van der Waals surface area contributed by atoms with E-state index in [1.165, 1.54) is 11.3 Å². The maximum atomic E-state index is 11.6. The molecule has 0 spiro atoms. The van der Waals surface area contributed by atoms with Gasteiger partial charge in [0.05, 0.1) is 5.01 Å². The largest absolute Gasteiger partial charge is 0.349 e. The summed E-state index contributed by atoms with van der Waals surface area (Å²) in [4.78, 5) is 18.0. The highest BCUT2D eigenvalue weighted by Crippen LogP contribution is 2.07. The van der Waals surface area contributed by atoms with E-state index in [0.717, 1.165) is 24.6 Å². The molecule has 4 nitrogen and oxygen atoms in total. The molecule has 0 fully saturated rings. The fraction of sp³-hybridized carbons (Fsp3) is 0.636. The summed E-state index contributed by atoms with van der Waals surface area (Å²) < 4.78 is 0. The van der Waals surface area contributed by atoms with Crippen LogP contribution in [0.2, 0.25) is 0 Å². The van der Waals surface area contributed by atoms with Gasteiger partial charge in [-0.05, 0) is 20.0 Å². The van der Waals surface area contributed by atoms with Gasteiger partial charge in [0.2, 0.25) is 0 Å². The fourth-order valence-corrected chi connectivity index (χ4v) is 2.02. The van der Waals surface area contributed by atoms with E-state index in [0.29, 0.717) is 12.2 Å². The third-order valence-corrected chi connectivity index (χ3v) is 3.23. The van der Waals surface area contributed by atoms with E-state index in [2.05, 4.69) is 29.0 Å². The van der Waals surface area contributed by atoms with Crippen molar-refractivity contribution in [1.29, 1.82) is 0 Å². The van der Waals surface area contributed by atoms with E-state index < -0.39 is 0 Å². The molecule has 0 saturated carbocycles. The van der Waals surface area contributed by atoms with Crippen molar-refractivity contribution in [3.8, 4) is 0 Å². The van der Waals surface area contributed by atoms with Crippen molar-refractivity contribution in [2.24, 2.45) is 0 Å². The quantitative estimate of drug-likeness (QED) is 0.821. The van der Waals surface area contributed by atoms with Gasteiger partial charge in [-0.25, -0.2) is 4.98 Å². The lowest BCUT2D eigenvalue weighted by atomic mass is 10.4. The topological polar surface area (TPSA) is 45.2 Å². The Balaban J connectivity index is 2.30. The Morgan fingerprint density at radius 2 is 2.19 bits per heavy atom. The third-order valence-electron chi connectivity index (χ3n) is 2.46. The lowest BCUT2D eigenvalue weighted by molar-refractivity contribution is 0.0944. The molecule has 1 aromatic heterocycles. The number of nitrogens with zero attached hydrogens (tertiary/aromatic N) is 2. The Bertz CT molecular complexity index is 334. The first-order chi connectivity index (χ1) is 7.67. The number of hydrogen-bond acceptors (Lipinski definition) is 4. The fourth-order valence-electron chi connectivity index (χ4n) is 1.43. The molecule has 0 unspecified atom stereocenters. The molecule has 90 valence electrons. The third kappa shape index (κ3) is 3.90. The van der Waals surface area contributed by atoms with Gasteiger partial charge < -0.3 is 10.2 Å². The molecule has 1 N–H and O–H groups in total. The molecule has 16 heavy (non-hydrogen) atoms. The van der Waals surface area contributed by atoms with Gasteiger partial charge in [-0.2, -0.15) is 0 Å². The van der Waals surface area contributed by atoms with Crippen molar-refractivity contribution in [3.63, 3.8) is 0 Å². The van der Waals surface area contributed by atoms with Crippen LogP contribution in [0.15, 0.2) is 5.38 Å². The first-order valence-electron chi connectivity index (χ1n) is 5.60. The summed E-state index contributed by atoms with van der Waals surface area (Å²) >= 11 is 1.50. The number of carbonyl (C=O) groups excluding carboxylic acids is 1. The van der Waals surface area contributed by atoms with Crippen molar-refractivity contribution in [2.75, 3.05) is 26.2 Å². The Hall–Kier alpha value is -0.940. The van der Waals surface area contributed by atoms with Crippen LogP contribution in [0.3, 0.4) is 0 Å². The second kappa shape index (κ2) is 6.60. The lowest BCUT2D eigenvalue weighted by Gasteiger charge is -2.17. The molecule has 1 heterocycles. The van der Waals surface area contributed by atoms with E-state index in [-0.39, 0.29) is 5.91 Å². The summed E-state index contributed by atoms with van der Waals surface area (Å²) in [7, 11) is 0. The van der Waals surface area contributed by atoms with Crippen molar-refractivity contribution >= 4 is 17.2 Å². The minimum absolute atomic E-state index is 0.0727. The lowest BCUT2D eigenvalue weighted by Crippen LogP contribution is -2.34. The molecule has 0 atom stereocenters. The number of carbonyl (C=O) groups is 1. The van der Waals surface area contributed by atoms with Gasteiger partial charge in [0.25, 0.3) is 5.91 Å². The number of aryl methyl sites for hydroxylation is 1. The van der Waals surface area contributed by atoms with Crippen molar-refractivity contribution in [3.05, 3.63) is 16.1 Å². The standard InChI is InChI=1S/C11H19N3OS/c1-4-14(5-2)7-6-12-11(15)10-8-16-9(3)13-10/h8H,4-7H2,1-3H3,(H,12,15). The highest BCUT2D eigenvalue weighted by atomic mass is 32.1. The van der Waals surface area contributed by atoms with Gasteiger partial charge in [-0.1, -0.05) is 13.8 Å². The molecule has 1 amide bonds. The molecule has 0 aromatic carbocycles.